The quantitative estimate of drug-likeness (QED) is 0.513. The molecule has 1 N–H and O–H groups in total. The number of carbonyl (C=O) groups is 4. The highest BCUT2D eigenvalue weighted by atomic mass is 32.1. The van der Waals surface area contributed by atoms with Crippen LogP contribution in [0.5, 0.6) is 0 Å². The van der Waals surface area contributed by atoms with Crippen LogP contribution in [-0.4, -0.2) is 56.7 Å². The van der Waals surface area contributed by atoms with E-state index in [-0.39, 0.29) is 24.0 Å². The number of amides is 3. The standard InChI is InChI=1S/C22H18FN5O4S/c1-2-27(21(31)16-11-33-12-25-16)15-7-8-28-17(9-15)26-18(19(29)22(28)32)20(30)24-10-13-3-5-14(23)6-4-13/h3-9,11-12,18H,2,10H2,1H3,(H,24,30). The van der Waals surface area contributed by atoms with Crippen LogP contribution >= 0.6 is 11.3 Å². The Morgan fingerprint density at radius 1 is 1.24 bits per heavy atom. The lowest BCUT2D eigenvalue weighted by molar-refractivity contribution is -0.144. The second-order valence-corrected chi connectivity index (χ2v) is 7.80. The number of carbonyl (C=O) groups excluding carboxylic acids is 4. The molecular weight excluding hydrogens is 449 g/mol. The van der Waals surface area contributed by atoms with Crippen molar-refractivity contribution in [2.45, 2.75) is 19.5 Å². The Morgan fingerprint density at radius 2 is 2.00 bits per heavy atom. The van der Waals surface area contributed by atoms with Gasteiger partial charge < -0.3 is 10.2 Å². The van der Waals surface area contributed by atoms with Crippen molar-refractivity contribution >= 4 is 40.7 Å². The van der Waals surface area contributed by atoms with E-state index in [0.717, 1.165) is 4.90 Å². The van der Waals surface area contributed by atoms with Crippen molar-refractivity contribution in [2.75, 3.05) is 6.54 Å². The number of fused-ring (bicyclic) bond motifs is 1. The molecule has 4 rings (SSSR count). The summed E-state index contributed by atoms with van der Waals surface area (Å²) in [5, 5.41) is 4.18. The molecule has 0 aliphatic carbocycles. The number of nitrogens with zero attached hydrogens (tertiary/aromatic N) is 4. The first kappa shape index (κ1) is 22.2. The maximum absolute atomic E-state index is 13.0. The normalized spacial score (nSPS) is 17.3. The number of ketones is 1. The molecule has 0 saturated heterocycles. The van der Waals surface area contributed by atoms with Crippen molar-refractivity contribution in [1.82, 2.24) is 20.1 Å². The lowest BCUT2D eigenvalue weighted by Crippen LogP contribution is -2.52. The number of aromatic nitrogens is 1. The van der Waals surface area contributed by atoms with Gasteiger partial charge in [-0.3, -0.25) is 24.1 Å². The number of hydrogen-bond donors (Lipinski definition) is 1. The van der Waals surface area contributed by atoms with E-state index in [1.165, 1.54) is 58.9 Å². The number of benzene rings is 1. The molecule has 2 aliphatic heterocycles. The second kappa shape index (κ2) is 9.25. The van der Waals surface area contributed by atoms with Crippen LogP contribution in [0.1, 0.15) is 23.0 Å². The van der Waals surface area contributed by atoms with Gasteiger partial charge in [-0.15, -0.1) is 11.3 Å². The Kier molecular flexibility index (Phi) is 6.22. The fraction of sp³-hybridized carbons (Fsp3) is 0.182. The van der Waals surface area contributed by atoms with E-state index in [0.29, 0.717) is 17.8 Å². The summed E-state index contributed by atoms with van der Waals surface area (Å²) >= 11 is 1.30. The monoisotopic (exact) mass is 467 g/mol. The van der Waals surface area contributed by atoms with Gasteiger partial charge in [-0.25, -0.2) is 14.4 Å². The van der Waals surface area contributed by atoms with E-state index in [9.17, 15) is 23.6 Å². The summed E-state index contributed by atoms with van der Waals surface area (Å²) in [4.78, 5) is 61.1. The highest BCUT2D eigenvalue weighted by Gasteiger charge is 2.40. The number of nitrogens with one attached hydrogen (secondary N) is 1. The maximum atomic E-state index is 13.0. The summed E-state index contributed by atoms with van der Waals surface area (Å²) in [5.74, 6) is -3.28. The molecule has 1 atom stereocenters. The molecule has 2 aliphatic rings. The molecule has 0 bridgehead atoms. The second-order valence-electron chi connectivity index (χ2n) is 7.08. The average Bonchev–Trinajstić information content (AvgIpc) is 3.36. The largest absolute Gasteiger partial charge is 0.350 e. The lowest BCUT2D eigenvalue weighted by atomic mass is 10.1. The van der Waals surface area contributed by atoms with Crippen molar-refractivity contribution in [2.24, 2.45) is 4.99 Å². The Bertz CT molecular complexity index is 1200. The molecule has 9 nitrogen and oxygen atoms in total. The Hall–Kier alpha value is -3.99. The summed E-state index contributed by atoms with van der Waals surface area (Å²) < 4.78 is 13.0. The smallest absolute Gasteiger partial charge is 0.302 e. The molecule has 0 radical (unpaired) electrons. The van der Waals surface area contributed by atoms with E-state index in [2.05, 4.69) is 15.3 Å². The summed E-state index contributed by atoms with van der Waals surface area (Å²) in [7, 11) is 0. The van der Waals surface area contributed by atoms with Gasteiger partial charge in [-0.05, 0) is 30.7 Å². The maximum Gasteiger partial charge on any atom is 0.302 e. The zero-order valence-corrected chi connectivity index (χ0v) is 18.2. The molecule has 1 aromatic heterocycles. The average molecular weight is 467 g/mol. The van der Waals surface area contributed by atoms with Crippen LogP contribution in [0, 0.1) is 5.82 Å². The summed E-state index contributed by atoms with van der Waals surface area (Å²) in [6.45, 7) is 2.15. The minimum absolute atomic E-state index is 0.0401. The van der Waals surface area contributed by atoms with Gasteiger partial charge in [0.05, 0.1) is 5.51 Å². The highest BCUT2D eigenvalue weighted by Crippen LogP contribution is 2.21. The number of allylic oxidation sites excluding steroid dienone is 1. The molecule has 168 valence electrons. The molecule has 11 heteroatoms. The van der Waals surface area contributed by atoms with Crippen molar-refractivity contribution in [3.63, 3.8) is 0 Å². The predicted molar refractivity (Wildman–Crippen MR) is 117 cm³/mol. The molecular formula is C22H18FN5O4S. The van der Waals surface area contributed by atoms with E-state index < -0.39 is 29.5 Å². The molecule has 1 aromatic carbocycles. The summed E-state index contributed by atoms with van der Waals surface area (Å²) in [6.07, 6.45) is 4.34. The van der Waals surface area contributed by atoms with E-state index in [1.54, 1.807) is 17.8 Å². The van der Waals surface area contributed by atoms with E-state index in [4.69, 9.17) is 0 Å². The third kappa shape index (κ3) is 4.48. The molecule has 33 heavy (non-hydrogen) atoms. The number of aliphatic imine (C=N–C) groups is 1. The van der Waals surface area contributed by atoms with Crippen LogP contribution in [0.2, 0.25) is 0 Å². The third-order valence-electron chi connectivity index (χ3n) is 5.01. The van der Waals surface area contributed by atoms with Gasteiger partial charge in [0.25, 0.3) is 17.6 Å². The first-order valence-corrected chi connectivity index (χ1v) is 10.9. The SMILES string of the molecule is CCN(C(=O)c1cscn1)C1=CC2=NC(C(=O)NCc3ccc(F)cc3)C(=O)C(=O)N2C=C1. The molecule has 3 heterocycles. The number of thiazole rings is 1. The van der Waals surface area contributed by atoms with Gasteiger partial charge in [0.15, 0.2) is 6.04 Å². The molecule has 1 unspecified atom stereocenters. The fourth-order valence-electron chi connectivity index (χ4n) is 3.31. The molecule has 2 aromatic rings. The number of likely N-dealkylation sites (N-methyl/N-ethyl adjacent to an activating group) is 1. The first-order chi connectivity index (χ1) is 15.9. The van der Waals surface area contributed by atoms with Crippen LogP contribution in [0.25, 0.3) is 0 Å². The predicted octanol–water partition coefficient (Wildman–Crippen LogP) is 1.65. The first-order valence-electron chi connectivity index (χ1n) is 9.96. The van der Waals surface area contributed by atoms with Gasteiger partial charge in [0.1, 0.15) is 17.3 Å². The number of rotatable bonds is 6. The van der Waals surface area contributed by atoms with E-state index in [1.807, 2.05) is 0 Å². The number of amidine groups is 1. The van der Waals surface area contributed by atoms with Gasteiger partial charge in [-0.1, -0.05) is 12.1 Å². The van der Waals surface area contributed by atoms with Gasteiger partial charge in [0.2, 0.25) is 0 Å². The van der Waals surface area contributed by atoms with Gasteiger partial charge in [-0.2, -0.15) is 0 Å². The zero-order chi connectivity index (χ0) is 23.5. The van der Waals surface area contributed by atoms with Crippen molar-refractivity contribution in [3.8, 4) is 0 Å². The minimum Gasteiger partial charge on any atom is -0.350 e. The Balaban J connectivity index is 1.56. The molecule has 0 fully saturated rings. The van der Waals surface area contributed by atoms with Crippen LogP contribution < -0.4 is 5.32 Å². The highest BCUT2D eigenvalue weighted by molar-refractivity contribution is 7.07. The van der Waals surface area contributed by atoms with Crippen LogP contribution in [0.15, 0.2) is 64.2 Å². The number of hydrogen-bond acceptors (Lipinski definition) is 7. The lowest BCUT2D eigenvalue weighted by Gasteiger charge is -2.30. The zero-order valence-electron chi connectivity index (χ0n) is 17.4. The van der Waals surface area contributed by atoms with Gasteiger partial charge >= 0.3 is 5.91 Å². The summed E-state index contributed by atoms with van der Waals surface area (Å²) in [5.41, 5.74) is 2.90. The summed E-state index contributed by atoms with van der Waals surface area (Å²) in [6, 6.07) is 3.94. The van der Waals surface area contributed by atoms with Crippen molar-refractivity contribution < 1.29 is 23.6 Å². The topological polar surface area (TPSA) is 112 Å². The van der Waals surface area contributed by atoms with Crippen molar-refractivity contribution in [3.05, 3.63) is 76.3 Å². The van der Waals surface area contributed by atoms with Crippen LogP contribution in [0.4, 0.5) is 4.39 Å². The fourth-order valence-corrected chi connectivity index (χ4v) is 3.83. The minimum atomic E-state index is -1.56. The number of Topliss-reactive ketones (excluding diaryl/α,β-unsaturated/α-hetero) is 1. The molecule has 3 amide bonds. The van der Waals surface area contributed by atoms with Crippen LogP contribution in [-0.2, 0) is 20.9 Å². The van der Waals surface area contributed by atoms with Crippen molar-refractivity contribution in [1.29, 1.82) is 0 Å². The van der Waals surface area contributed by atoms with Gasteiger partial charge in [0, 0.05) is 36.4 Å². The van der Waals surface area contributed by atoms with E-state index >= 15 is 0 Å². The Morgan fingerprint density at radius 3 is 2.67 bits per heavy atom. The Labute approximate surface area is 191 Å². The number of halogens is 1. The molecule has 0 saturated carbocycles. The molecule has 0 spiro atoms. The third-order valence-corrected chi connectivity index (χ3v) is 5.60. The van der Waals surface area contributed by atoms with Crippen LogP contribution in [0.3, 0.4) is 0 Å².